The van der Waals surface area contributed by atoms with Crippen molar-refractivity contribution in [2.75, 3.05) is 0 Å². The molecule has 1 aromatic carbocycles. The quantitative estimate of drug-likeness (QED) is 0.470. The molecule has 86 valence electrons. The standard InChI is InChI=1S/C12H6N4O2/c17-11-13-8-5-3-1-2-4-6(5)9-7(8)10(15-11)16-12(18)14-9/h1-4H,(H2,13,14,15,16,17,18). The molecule has 0 fully saturated rings. The summed E-state index contributed by atoms with van der Waals surface area (Å²) in [4.78, 5) is 35.9. The van der Waals surface area contributed by atoms with Crippen LogP contribution in [0.3, 0.4) is 0 Å². The number of aromatic nitrogens is 4. The Bertz CT molecular complexity index is 851. The number of H-pyrrole nitrogens is 2. The van der Waals surface area contributed by atoms with E-state index in [0.29, 0.717) is 16.8 Å². The molecular formula is C12H6N4O2. The van der Waals surface area contributed by atoms with Crippen molar-refractivity contribution in [3.63, 3.8) is 0 Å². The number of rotatable bonds is 0. The number of fused-ring (bicyclic) bond motifs is 3. The minimum absolute atomic E-state index is 0.278. The highest BCUT2D eigenvalue weighted by Gasteiger charge is 2.24. The molecule has 1 aliphatic carbocycles. The lowest BCUT2D eigenvalue weighted by molar-refractivity contribution is 1.06. The van der Waals surface area contributed by atoms with Crippen LogP contribution in [0.1, 0.15) is 0 Å². The van der Waals surface area contributed by atoms with E-state index in [-0.39, 0.29) is 5.65 Å². The van der Waals surface area contributed by atoms with E-state index >= 15 is 0 Å². The molecule has 0 atom stereocenters. The number of nitrogens with one attached hydrogen (secondary N) is 2. The first-order chi connectivity index (χ1) is 8.74. The van der Waals surface area contributed by atoms with E-state index in [1.807, 2.05) is 24.3 Å². The van der Waals surface area contributed by atoms with Crippen molar-refractivity contribution in [3.8, 4) is 22.5 Å². The monoisotopic (exact) mass is 238 g/mol. The van der Waals surface area contributed by atoms with Gasteiger partial charge in [-0.1, -0.05) is 24.3 Å². The second-order valence-corrected chi connectivity index (χ2v) is 4.08. The summed E-state index contributed by atoms with van der Waals surface area (Å²) in [6, 6.07) is 7.49. The van der Waals surface area contributed by atoms with Gasteiger partial charge in [0.25, 0.3) is 0 Å². The van der Waals surface area contributed by atoms with Crippen LogP contribution in [0.2, 0.25) is 0 Å². The van der Waals surface area contributed by atoms with Crippen LogP contribution in [0.25, 0.3) is 33.5 Å². The van der Waals surface area contributed by atoms with Crippen LogP contribution in [0.15, 0.2) is 33.9 Å². The molecule has 0 saturated heterocycles. The van der Waals surface area contributed by atoms with Crippen molar-refractivity contribution in [3.05, 3.63) is 45.2 Å². The molecule has 0 unspecified atom stereocenters. The molecule has 0 saturated carbocycles. The molecule has 18 heavy (non-hydrogen) atoms. The summed E-state index contributed by atoms with van der Waals surface area (Å²) in [7, 11) is 0. The predicted molar refractivity (Wildman–Crippen MR) is 65.2 cm³/mol. The van der Waals surface area contributed by atoms with Crippen molar-refractivity contribution in [1.82, 2.24) is 19.9 Å². The van der Waals surface area contributed by atoms with Gasteiger partial charge >= 0.3 is 11.4 Å². The van der Waals surface area contributed by atoms with Gasteiger partial charge in [-0.15, -0.1) is 0 Å². The predicted octanol–water partition coefficient (Wildman–Crippen LogP) is 0.654. The maximum Gasteiger partial charge on any atom is 0.347 e. The molecule has 4 rings (SSSR count). The lowest BCUT2D eigenvalue weighted by atomic mass is 10.1. The fourth-order valence-electron chi connectivity index (χ4n) is 2.39. The van der Waals surface area contributed by atoms with Crippen molar-refractivity contribution >= 4 is 11.0 Å². The third-order valence-electron chi connectivity index (χ3n) is 3.06. The summed E-state index contributed by atoms with van der Waals surface area (Å²) >= 11 is 0. The fourth-order valence-corrected chi connectivity index (χ4v) is 2.39. The Morgan fingerprint density at radius 2 is 1.61 bits per heavy atom. The third kappa shape index (κ3) is 1.01. The molecule has 0 amide bonds. The molecule has 0 radical (unpaired) electrons. The molecule has 2 N–H and O–H groups in total. The second-order valence-electron chi connectivity index (χ2n) is 4.08. The van der Waals surface area contributed by atoms with Crippen LogP contribution in [0.4, 0.5) is 0 Å². The highest BCUT2D eigenvalue weighted by molar-refractivity contribution is 6.09. The minimum Gasteiger partial charge on any atom is -0.305 e. The van der Waals surface area contributed by atoms with E-state index < -0.39 is 11.4 Å². The maximum absolute atomic E-state index is 11.5. The second kappa shape index (κ2) is 2.92. The first-order valence-corrected chi connectivity index (χ1v) is 5.38. The van der Waals surface area contributed by atoms with E-state index in [1.54, 1.807) is 0 Å². The highest BCUT2D eigenvalue weighted by atomic mass is 16.1. The normalized spacial score (nSPS) is 11.8. The Labute approximate surface area is 99.4 Å². The zero-order valence-corrected chi connectivity index (χ0v) is 9.02. The van der Waals surface area contributed by atoms with Gasteiger partial charge in [0.1, 0.15) is 0 Å². The number of benzene rings is 1. The molecule has 0 spiro atoms. The molecule has 0 bridgehead atoms. The van der Waals surface area contributed by atoms with E-state index in [9.17, 15) is 9.59 Å². The lowest BCUT2D eigenvalue weighted by Crippen LogP contribution is -2.16. The van der Waals surface area contributed by atoms with Crippen molar-refractivity contribution in [2.45, 2.75) is 0 Å². The van der Waals surface area contributed by atoms with Gasteiger partial charge in [-0.25, -0.2) is 9.59 Å². The van der Waals surface area contributed by atoms with Gasteiger partial charge in [-0.2, -0.15) is 9.97 Å². The molecule has 0 aliphatic heterocycles. The zero-order valence-electron chi connectivity index (χ0n) is 9.02. The van der Waals surface area contributed by atoms with Gasteiger partial charge in [0.05, 0.1) is 16.8 Å². The van der Waals surface area contributed by atoms with Crippen molar-refractivity contribution in [1.29, 1.82) is 0 Å². The molecule has 6 heteroatoms. The molecule has 1 aliphatic rings. The lowest BCUT2D eigenvalue weighted by Gasteiger charge is -1.98. The Morgan fingerprint density at radius 3 is 2.44 bits per heavy atom. The Balaban J connectivity index is 2.37. The van der Waals surface area contributed by atoms with Crippen LogP contribution in [-0.4, -0.2) is 19.9 Å². The highest BCUT2D eigenvalue weighted by Crippen LogP contribution is 2.42. The summed E-state index contributed by atoms with van der Waals surface area (Å²) in [6.07, 6.45) is 0. The maximum atomic E-state index is 11.5. The van der Waals surface area contributed by atoms with Crippen LogP contribution in [0, 0.1) is 0 Å². The molecule has 6 nitrogen and oxygen atoms in total. The number of nitrogens with zero attached hydrogens (tertiary/aromatic N) is 2. The molecule has 2 aromatic heterocycles. The topological polar surface area (TPSA) is 91.5 Å². The largest absolute Gasteiger partial charge is 0.347 e. The van der Waals surface area contributed by atoms with Gasteiger partial charge in [0.15, 0.2) is 5.65 Å². The number of hydrogen-bond donors (Lipinski definition) is 2. The summed E-state index contributed by atoms with van der Waals surface area (Å²) in [5.41, 5.74) is 2.23. The van der Waals surface area contributed by atoms with Crippen LogP contribution >= 0.6 is 0 Å². The van der Waals surface area contributed by atoms with E-state index in [1.165, 1.54) is 0 Å². The van der Waals surface area contributed by atoms with E-state index in [4.69, 9.17) is 0 Å². The number of hydrogen-bond acceptors (Lipinski definition) is 4. The SMILES string of the molecule is O=c1nc2[nH]c(=O)nc3c2c([nH]1)-c1ccccc1-3. The van der Waals surface area contributed by atoms with Gasteiger partial charge in [-0.05, 0) is 0 Å². The zero-order chi connectivity index (χ0) is 12.3. The molecule has 3 aromatic rings. The van der Waals surface area contributed by atoms with E-state index in [0.717, 1.165) is 11.1 Å². The van der Waals surface area contributed by atoms with Crippen LogP contribution in [0.5, 0.6) is 0 Å². The molecular weight excluding hydrogens is 232 g/mol. The third-order valence-corrected chi connectivity index (χ3v) is 3.06. The molecule has 2 heterocycles. The Morgan fingerprint density at radius 1 is 0.889 bits per heavy atom. The Kier molecular flexibility index (Phi) is 1.51. The fraction of sp³-hybridized carbons (Fsp3) is 0. The first-order valence-electron chi connectivity index (χ1n) is 5.38. The van der Waals surface area contributed by atoms with Gasteiger partial charge in [-0.3, -0.25) is 4.98 Å². The average molecular weight is 238 g/mol. The van der Waals surface area contributed by atoms with Crippen LogP contribution in [-0.2, 0) is 0 Å². The first kappa shape index (κ1) is 9.29. The smallest absolute Gasteiger partial charge is 0.305 e. The average Bonchev–Trinajstić information content (AvgIpc) is 2.65. The van der Waals surface area contributed by atoms with Gasteiger partial charge in [0, 0.05) is 11.1 Å². The summed E-state index contributed by atoms with van der Waals surface area (Å²) in [5, 5.41) is 0.690. The summed E-state index contributed by atoms with van der Waals surface area (Å²) < 4.78 is 0. The summed E-state index contributed by atoms with van der Waals surface area (Å²) in [6.45, 7) is 0. The van der Waals surface area contributed by atoms with Gasteiger partial charge in [0.2, 0.25) is 0 Å². The van der Waals surface area contributed by atoms with Crippen molar-refractivity contribution in [2.24, 2.45) is 0 Å². The number of aromatic amines is 2. The van der Waals surface area contributed by atoms with Crippen LogP contribution < -0.4 is 11.4 Å². The minimum atomic E-state index is -0.502. The summed E-state index contributed by atoms with van der Waals surface area (Å²) in [5.74, 6) is 0. The van der Waals surface area contributed by atoms with Gasteiger partial charge < -0.3 is 4.98 Å². The van der Waals surface area contributed by atoms with Crippen molar-refractivity contribution < 1.29 is 0 Å². The Hall–Kier alpha value is -2.76. The van der Waals surface area contributed by atoms with E-state index in [2.05, 4.69) is 19.9 Å².